The molecule has 0 spiro atoms. The van der Waals surface area contributed by atoms with E-state index in [0.717, 1.165) is 10.5 Å². The lowest BCUT2D eigenvalue weighted by molar-refractivity contribution is -0.140. The van der Waals surface area contributed by atoms with Crippen LogP contribution >= 0.6 is 0 Å². The van der Waals surface area contributed by atoms with Crippen molar-refractivity contribution in [3.63, 3.8) is 0 Å². The quantitative estimate of drug-likeness (QED) is 0.727. The van der Waals surface area contributed by atoms with Crippen molar-refractivity contribution in [1.82, 2.24) is 4.90 Å². The number of carbonyl (C=O) groups excluding carboxylic acids is 1. The zero-order valence-corrected chi connectivity index (χ0v) is 11.0. The summed E-state index contributed by atoms with van der Waals surface area (Å²) >= 11 is 0. The Morgan fingerprint density at radius 3 is 2.15 bits per heavy atom. The highest BCUT2D eigenvalue weighted by Gasteiger charge is 2.20. The largest absolute Gasteiger partial charge is 0.480 e. The molecule has 0 atom stereocenters. The van der Waals surface area contributed by atoms with Gasteiger partial charge in [-0.25, -0.2) is 4.79 Å². The number of carboxylic acids is 2. The number of amides is 2. The summed E-state index contributed by atoms with van der Waals surface area (Å²) in [6.07, 6.45) is 0.689. The summed E-state index contributed by atoms with van der Waals surface area (Å²) in [5.74, 6) is -2.55. The van der Waals surface area contributed by atoms with Crippen molar-refractivity contribution in [2.24, 2.45) is 0 Å². The van der Waals surface area contributed by atoms with E-state index >= 15 is 0 Å². The topological polar surface area (TPSA) is 107 Å². The van der Waals surface area contributed by atoms with E-state index in [2.05, 4.69) is 5.32 Å². The predicted octanol–water partition coefficient (Wildman–Crippen LogP) is 1.25. The van der Waals surface area contributed by atoms with Crippen LogP contribution in [0.4, 0.5) is 10.5 Å². The molecule has 0 bridgehead atoms. The second kappa shape index (κ2) is 7.13. The molecule has 0 radical (unpaired) electrons. The summed E-state index contributed by atoms with van der Waals surface area (Å²) in [5.41, 5.74) is 1.42. The molecule has 3 N–H and O–H groups in total. The minimum absolute atomic E-state index is 0.542. The number of hydrogen-bond donors (Lipinski definition) is 3. The minimum atomic E-state index is -1.27. The fourth-order valence-electron chi connectivity index (χ4n) is 1.67. The van der Waals surface area contributed by atoms with Gasteiger partial charge in [0.2, 0.25) is 0 Å². The smallest absolute Gasteiger partial charge is 0.323 e. The van der Waals surface area contributed by atoms with E-state index in [1.807, 2.05) is 19.1 Å². The Bertz CT molecular complexity index is 499. The van der Waals surface area contributed by atoms with Crippen LogP contribution in [-0.2, 0) is 16.0 Å². The van der Waals surface area contributed by atoms with E-state index in [1.54, 1.807) is 12.1 Å². The van der Waals surface area contributed by atoms with Gasteiger partial charge in [-0.05, 0) is 18.1 Å². The molecule has 0 aromatic heterocycles. The van der Waals surface area contributed by atoms with Crippen molar-refractivity contribution >= 4 is 23.7 Å². The number of para-hydroxylation sites is 1. The highest BCUT2D eigenvalue weighted by atomic mass is 16.4. The molecule has 0 unspecified atom stereocenters. The second-order valence-electron chi connectivity index (χ2n) is 4.08. The maximum absolute atomic E-state index is 11.9. The van der Waals surface area contributed by atoms with Crippen LogP contribution in [0.15, 0.2) is 24.3 Å². The van der Waals surface area contributed by atoms with Crippen LogP contribution in [0.2, 0.25) is 0 Å². The molecule has 0 fully saturated rings. The number of urea groups is 1. The molecule has 1 aromatic carbocycles. The third-order valence-electron chi connectivity index (χ3n) is 2.58. The van der Waals surface area contributed by atoms with Crippen molar-refractivity contribution in [2.45, 2.75) is 13.3 Å². The van der Waals surface area contributed by atoms with E-state index < -0.39 is 31.1 Å². The summed E-state index contributed by atoms with van der Waals surface area (Å²) in [6.45, 7) is 0.566. The van der Waals surface area contributed by atoms with Gasteiger partial charge in [-0.3, -0.25) is 9.59 Å². The third kappa shape index (κ3) is 4.60. The Morgan fingerprint density at radius 2 is 1.65 bits per heavy atom. The molecule has 0 aliphatic carbocycles. The van der Waals surface area contributed by atoms with E-state index in [0.29, 0.717) is 12.1 Å². The number of aryl methyl sites for hydroxylation is 1. The van der Waals surface area contributed by atoms with Gasteiger partial charge in [-0.1, -0.05) is 25.1 Å². The van der Waals surface area contributed by atoms with Crippen molar-refractivity contribution < 1.29 is 24.6 Å². The number of carboxylic acid groups (broad SMARTS) is 2. The van der Waals surface area contributed by atoms with Crippen LogP contribution in [-0.4, -0.2) is 46.2 Å². The van der Waals surface area contributed by atoms with Gasteiger partial charge >= 0.3 is 18.0 Å². The molecule has 0 aliphatic heterocycles. The molecular weight excluding hydrogens is 264 g/mol. The third-order valence-corrected chi connectivity index (χ3v) is 2.58. The molecule has 0 aliphatic rings. The standard InChI is InChI=1S/C13H16N2O5/c1-2-9-5-3-4-6-10(9)14-13(20)15(7-11(16)17)8-12(18)19/h3-6H,2,7-8H2,1H3,(H,14,20)(H,16,17)(H,18,19). The molecule has 1 rings (SSSR count). The number of anilines is 1. The van der Waals surface area contributed by atoms with E-state index in [4.69, 9.17) is 10.2 Å². The van der Waals surface area contributed by atoms with Crippen LogP contribution in [0, 0.1) is 0 Å². The number of hydrogen-bond acceptors (Lipinski definition) is 3. The Labute approximate surface area is 115 Å². The molecule has 0 saturated heterocycles. The van der Waals surface area contributed by atoms with Gasteiger partial charge in [0.05, 0.1) is 0 Å². The average Bonchev–Trinajstić information content (AvgIpc) is 2.37. The van der Waals surface area contributed by atoms with Crippen molar-refractivity contribution in [2.75, 3.05) is 18.4 Å². The SMILES string of the molecule is CCc1ccccc1NC(=O)N(CC(=O)O)CC(=O)O. The Balaban J connectivity index is 2.84. The molecule has 7 heteroatoms. The van der Waals surface area contributed by atoms with Crippen molar-refractivity contribution in [3.05, 3.63) is 29.8 Å². The Morgan fingerprint density at radius 1 is 1.10 bits per heavy atom. The van der Waals surface area contributed by atoms with Gasteiger partial charge in [0.25, 0.3) is 0 Å². The first-order chi connectivity index (χ1) is 9.43. The highest BCUT2D eigenvalue weighted by Crippen LogP contribution is 2.15. The lowest BCUT2D eigenvalue weighted by Gasteiger charge is -2.20. The zero-order chi connectivity index (χ0) is 15.1. The maximum atomic E-state index is 11.9. The highest BCUT2D eigenvalue weighted by molar-refractivity contribution is 5.93. The Hall–Kier alpha value is -2.57. The maximum Gasteiger partial charge on any atom is 0.323 e. The van der Waals surface area contributed by atoms with Gasteiger partial charge in [0.15, 0.2) is 0 Å². The number of nitrogens with zero attached hydrogens (tertiary/aromatic N) is 1. The number of carbonyl (C=O) groups is 3. The molecule has 0 saturated carbocycles. The van der Waals surface area contributed by atoms with Crippen molar-refractivity contribution in [1.29, 1.82) is 0 Å². The molecule has 20 heavy (non-hydrogen) atoms. The number of nitrogens with one attached hydrogen (secondary N) is 1. The normalized spacial score (nSPS) is 9.85. The first-order valence-corrected chi connectivity index (χ1v) is 6.01. The molecule has 2 amide bonds. The van der Waals surface area contributed by atoms with Crippen LogP contribution < -0.4 is 5.32 Å². The minimum Gasteiger partial charge on any atom is -0.480 e. The lowest BCUT2D eigenvalue weighted by atomic mass is 10.1. The zero-order valence-electron chi connectivity index (χ0n) is 11.0. The Kier molecular flexibility index (Phi) is 5.52. The molecule has 7 nitrogen and oxygen atoms in total. The summed E-state index contributed by atoms with van der Waals surface area (Å²) in [4.78, 5) is 34.0. The first kappa shape index (κ1) is 15.5. The second-order valence-corrected chi connectivity index (χ2v) is 4.08. The van der Waals surface area contributed by atoms with Crippen LogP contribution in [0.1, 0.15) is 12.5 Å². The number of rotatable bonds is 6. The van der Waals surface area contributed by atoms with Gasteiger partial charge in [-0.15, -0.1) is 0 Å². The summed E-state index contributed by atoms with van der Waals surface area (Å²) in [5, 5.41) is 19.9. The average molecular weight is 280 g/mol. The molecular formula is C13H16N2O5. The fraction of sp³-hybridized carbons (Fsp3) is 0.308. The van der Waals surface area contributed by atoms with Gasteiger partial charge < -0.3 is 20.4 Å². The monoisotopic (exact) mass is 280 g/mol. The number of aliphatic carboxylic acids is 2. The fourth-order valence-corrected chi connectivity index (χ4v) is 1.67. The van der Waals surface area contributed by atoms with E-state index in [9.17, 15) is 14.4 Å². The van der Waals surface area contributed by atoms with Crippen molar-refractivity contribution in [3.8, 4) is 0 Å². The van der Waals surface area contributed by atoms with Gasteiger partial charge in [0.1, 0.15) is 13.1 Å². The van der Waals surface area contributed by atoms with Crippen LogP contribution in [0.5, 0.6) is 0 Å². The number of benzene rings is 1. The lowest BCUT2D eigenvalue weighted by Crippen LogP contribution is -2.42. The van der Waals surface area contributed by atoms with Crippen LogP contribution in [0.3, 0.4) is 0 Å². The van der Waals surface area contributed by atoms with E-state index in [1.165, 1.54) is 0 Å². The first-order valence-electron chi connectivity index (χ1n) is 6.01. The molecule has 108 valence electrons. The molecule has 1 aromatic rings. The van der Waals surface area contributed by atoms with Crippen LogP contribution in [0.25, 0.3) is 0 Å². The van der Waals surface area contributed by atoms with Gasteiger partial charge in [-0.2, -0.15) is 0 Å². The summed E-state index contributed by atoms with van der Waals surface area (Å²) in [7, 11) is 0. The van der Waals surface area contributed by atoms with E-state index in [-0.39, 0.29) is 0 Å². The predicted molar refractivity (Wildman–Crippen MR) is 71.7 cm³/mol. The summed E-state index contributed by atoms with van der Waals surface area (Å²) in [6, 6.07) is 6.30. The molecule has 0 heterocycles. The van der Waals surface area contributed by atoms with Gasteiger partial charge in [0, 0.05) is 5.69 Å². The summed E-state index contributed by atoms with van der Waals surface area (Å²) < 4.78 is 0.